The average molecular weight is 407 g/mol. The summed E-state index contributed by atoms with van der Waals surface area (Å²) in [6, 6.07) is 14.4. The number of rotatable bonds is 3. The molecule has 7 nitrogen and oxygen atoms in total. The monoisotopic (exact) mass is 407 g/mol. The van der Waals surface area contributed by atoms with E-state index >= 15 is 0 Å². The maximum absolute atomic E-state index is 12.7. The maximum atomic E-state index is 12.7. The van der Waals surface area contributed by atoms with Crippen LogP contribution in [0.3, 0.4) is 0 Å². The highest BCUT2D eigenvalue weighted by molar-refractivity contribution is 7.22. The molecule has 5 rings (SSSR count). The van der Waals surface area contributed by atoms with Gasteiger partial charge in [0.2, 0.25) is 0 Å². The second-order valence-electron chi connectivity index (χ2n) is 7.11. The van der Waals surface area contributed by atoms with E-state index in [2.05, 4.69) is 9.88 Å². The molecule has 0 N–H and O–H groups in total. The van der Waals surface area contributed by atoms with Gasteiger partial charge in [0.15, 0.2) is 5.13 Å². The van der Waals surface area contributed by atoms with Crippen molar-refractivity contribution in [3.05, 3.63) is 59.7 Å². The molecule has 1 aromatic heterocycles. The Morgan fingerprint density at radius 3 is 2.45 bits per heavy atom. The summed E-state index contributed by atoms with van der Waals surface area (Å²) < 4.78 is 1.10. The molecule has 0 spiro atoms. The Bertz CT molecular complexity index is 1070. The highest BCUT2D eigenvalue weighted by Crippen LogP contribution is 2.32. The molecule has 3 heterocycles. The van der Waals surface area contributed by atoms with Crippen molar-refractivity contribution in [1.82, 2.24) is 10.0 Å². The van der Waals surface area contributed by atoms with Crippen LogP contribution in [-0.2, 0) is 9.63 Å². The van der Waals surface area contributed by atoms with E-state index in [1.165, 1.54) is 0 Å². The van der Waals surface area contributed by atoms with Crippen LogP contribution < -0.4 is 4.90 Å². The van der Waals surface area contributed by atoms with Gasteiger partial charge in [-0.1, -0.05) is 40.7 Å². The van der Waals surface area contributed by atoms with Crippen LogP contribution in [0.5, 0.6) is 0 Å². The second kappa shape index (κ2) is 6.97. The first-order chi connectivity index (χ1) is 14.1. The number of aromatic nitrogens is 1. The Morgan fingerprint density at radius 1 is 1.03 bits per heavy atom. The van der Waals surface area contributed by atoms with Crippen LogP contribution in [-0.4, -0.2) is 40.9 Å². The Balaban J connectivity index is 1.30. The number of piperidine rings is 1. The lowest BCUT2D eigenvalue weighted by Crippen LogP contribution is -2.42. The van der Waals surface area contributed by atoms with Gasteiger partial charge in [0.1, 0.15) is 0 Å². The Hall–Kier alpha value is -3.26. The number of anilines is 1. The second-order valence-corrected chi connectivity index (χ2v) is 8.12. The van der Waals surface area contributed by atoms with Gasteiger partial charge in [-0.05, 0) is 37.1 Å². The number of imide groups is 1. The van der Waals surface area contributed by atoms with Gasteiger partial charge >= 0.3 is 5.97 Å². The van der Waals surface area contributed by atoms with Crippen molar-refractivity contribution in [2.75, 3.05) is 18.0 Å². The number of carbonyl (C=O) groups is 3. The number of hydroxylamine groups is 2. The van der Waals surface area contributed by atoms with E-state index in [0.29, 0.717) is 18.0 Å². The van der Waals surface area contributed by atoms with E-state index in [1.54, 1.807) is 35.6 Å². The van der Waals surface area contributed by atoms with Crippen molar-refractivity contribution in [1.29, 1.82) is 0 Å². The molecule has 0 saturated carbocycles. The van der Waals surface area contributed by atoms with Crippen molar-refractivity contribution < 1.29 is 19.2 Å². The van der Waals surface area contributed by atoms with Gasteiger partial charge in [0.05, 0.1) is 27.3 Å². The number of thiazole rings is 1. The van der Waals surface area contributed by atoms with E-state index in [0.717, 1.165) is 28.3 Å². The third-order valence-corrected chi connectivity index (χ3v) is 6.34. The normalized spacial score (nSPS) is 19.0. The van der Waals surface area contributed by atoms with Crippen LogP contribution in [0.4, 0.5) is 5.13 Å². The number of hydrogen-bond donors (Lipinski definition) is 0. The van der Waals surface area contributed by atoms with Crippen molar-refractivity contribution in [3.63, 3.8) is 0 Å². The molecule has 1 atom stereocenters. The minimum absolute atomic E-state index is 0.255. The summed E-state index contributed by atoms with van der Waals surface area (Å²) in [4.78, 5) is 49.6. The number of fused-ring (bicyclic) bond motifs is 2. The molecule has 8 heteroatoms. The lowest BCUT2D eigenvalue weighted by Gasteiger charge is -2.31. The van der Waals surface area contributed by atoms with Crippen LogP contribution in [0.15, 0.2) is 48.5 Å². The molecule has 2 aromatic carbocycles. The predicted octanol–water partition coefficient (Wildman–Crippen LogP) is 3.27. The van der Waals surface area contributed by atoms with Gasteiger partial charge in [-0.25, -0.2) is 9.78 Å². The number of hydrogen-bond acceptors (Lipinski definition) is 7. The number of amides is 2. The highest BCUT2D eigenvalue weighted by Gasteiger charge is 2.40. The molecule has 2 aliphatic rings. The van der Waals surface area contributed by atoms with Crippen molar-refractivity contribution in [2.24, 2.45) is 5.92 Å². The number of benzene rings is 2. The first kappa shape index (κ1) is 17.8. The molecule has 3 aromatic rings. The summed E-state index contributed by atoms with van der Waals surface area (Å²) in [5.41, 5.74) is 1.44. The molecular weight excluding hydrogens is 390 g/mol. The summed E-state index contributed by atoms with van der Waals surface area (Å²) in [6.45, 7) is 1.25. The van der Waals surface area contributed by atoms with Crippen LogP contribution in [0.25, 0.3) is 10.2 Å². The molecule has 1 fully saturated rings. The fourth-order valence-electron chi connectivity index (χ4n) is 3.75. The van der Waals surface area contributed by atoms with E-state index in [1.807, 2.05) is 24.3 Å². The van der Waals surface area contributed by atoms with Gasteiger partial charge in [-0.2, -0.15) is 0 Å². The van der Waals surface area contributed by atoms with Crippen LogP contribution in [0.2, 0.25) is 0 Å². The molecule has 2 amide bonds. The molecule has 2 aliphatic heterocycles. The summed E-state index contributed by atoms with van der Waals surface area (Å²) in [7, 11) is 0. The van der Waals surface area contributed by atoms with E-state index in [4.69, 9.17) is 4.84 Å². The van der Waals surface area contributed by atoms with E-state index in [-0.39, 0.29) is 11.1 Å². The first-order valence-corrected chi connectivity index (χ1v) is 10.2. The smallest absolute Gasteiger partial charge is 0.338 e. The topological polar surface area (TPSA) is 79.8 Å². The zero-order chi connectivity index (χ0) is 20.0. The summed E-state index contributed by atoms with van der Waals surface area (Å²) >= 11 is 1.59. The van der Waals surface area contributed by atoms with Crippen LogP contribution in [0, 0.1) is 5.92 Å². The first-order valence-electron chi connectivity index (χ1n) is 9.42. The number of nitrogens with zero attached hydrogens (tertiary/aromatic N) is 3. The molecule has 146 valence electrons. The fraction of sp³-hybridized carbons (Fsp3) is 0.238. The van der Waals surface area contributed by atoms with Crippen LogP contribution in [0.1, 0.15) is 33.6 Å². The van der Waals surface area contributed by atoms with Gasteiger partial charge in [-0.3, -0.25) is 9.59 Å². The summed E-state index contributed by atoms with van der Waals surface area (Å²) in [5.74, 6) is -2.19. The quantitative estimate of drug-likeness (QED) is 0.620. The standard InChI is InChI=1S/C21H17N3O4S/c25-18-14-7-1-2-8-15(14)19(26)24(18)28-20(27)13-6-5-11-23(12-13)21-22-16-9-3-4-10-17(16)29-21/h1-4,7-10,13H,5-6,11-12H2. The zero-order valence-electron chi connectivity index (χ0n) is 15.4. The number of carbonyl (C=O) groups excluding carboxylic acids is 3. The molecule has 29 heavy (non-hydrogen) atoms. The lowest BCUT2D eigenvalue weighted by atomic mass is 9.99. The minimum Gasteiger partial charge on any atom is -0.347 e. The lowest BCUT2D eigenvalue weighted by molar-refractivity contribution is -0.174. The highest BCUT2D eigenvalue weighted by atomic mass is 32.1. The maximum Gasteiger partial charge on any atom is 0.338 e. The van der Waals surface area contributed by atoms with E-state index < -0.39 is 23.7 Å². The third-order valence-electron chi connectivity index (χ3n) is 5.25. The zero-order valence-corrected chi connectivity index (χ0v) is 16.2. The third kappa shape index (κ3) is 3.05. The Morgan fingerprint density at radius 2 is 1.72 bits per heavy atom. The van der Waals surface area contributed by atoms with E-state index in [9.17, 15) is 14.4 Å². The molecule has 0 bridgehead atoms. The molecule has 0 radical (unpaired) electrons. The average Bonchev–Trinajstić information content (AvgIpc) is 3.29. The van der Waals surface area contributed by atoms with Gasteiger partial charge in [-0.15, -0.1) is 0 Å². The largest absolute Gasteiger partial charge is 0.347 e. The van der Waals surface area contributed by atoms with Crippen molar-refractivity contribution in [3.8, 4) is 0 Å². The van der Waals surface area contributed by atoms with Crippen LogP contribution >= 0.6 is 11.3 Å². The van der Waals surface area contributed by atoms with Gasteiger partial charge in [0, 0.05) is 13.1 Å². The predicted molar refractivity (Wildman–Crippen MR) is 108 cm³/mol. The molecule has 1 saturated heterocycles. The fourth-order valence-corrected chi connectivity index (χ4v) is 4.75. The molecular formula is C21H17N3O4S. The van der Waals surface area contributed by atoms with Gasteiger partial charge in [0.25, 0.3) is 11.8 Å². The summed E-state index contributed by atoms with van der Waals surface area (Å²) in [5, 5.41) is 1.45. The molecule has 0 aliphatic carbocycles. The molecule has 1 unspecified atom stereocenters. The number of para-hydroxylation sites is 1. The van der Waals surface area contributed by atoms with Crippen molar-refractivity contribution >= 4 is 44.5 Å². The Labute approximate surface area is 170 Å². The summed E-state index contributed by atoms with van der Waals surface area (Å²) in [6.07, 6.45) is 1.45. The Kier molecular flexibility index (Phi) is 4.28. The van der Waals surface area contributed by atoms with Gasteiger partial charge < -0.3 is 9.74 Å². The minimum atomic E-state index is -0.599. The SMILES string of the molecule is O=C(ON1C(=O)c2ccccc2C1=O)C1CCCN(c2nc3ccccc3s2)C1. The van der Waals surface area contributed by atoms with Crippen molar-refractivity contribution in [2.45, 2.75) is 12.8 Å².